The quantitative estimate of drug-likeness (QED) is 0.803. The highest BCUT2D eigenvalue weighted by Gasteiger charge is 2.22. The maximum absolute atomic E-state index is 12.1. The van der Waals surface area contributed by atoms with Crippen molar-refractivity contribution < 1.29 is 13.7 Å². The van der Waals surface area contributed by atoms with E-state index in [0.717, 1.165) is 12.8 Å². The molecule has 7 heteroatoms. The zero-order valence-corrected chi connectivity index (χ0v) is 13.3. The van der Waals surface area contributed by atoms with Crippen LogP contribution in [0.5, 0.6) is 0 Å². The Morgan fingerprint density at radius 1 is 1.45 bits per heavy atom. The van der Waals surface area contributed by atoms with Crippen molar-refractivity contribution in [3.63, 3.8) is 0 Å². The van der Waals surface area contributed by atoms with E-state index in [9.17, 15) is 9.00 Å². The van der Waals surface area contributed by atoms with Crippen LogP contribution >= 0.6 is 15.9 Å². The van der Waals surface area contributed by atoms with Crippen molar-refractivity contribution in [3.8, 4) is 0 Å². The average Bonchev–Trinajstić information content (AvgIpc) is 2.43. The molecule has 1 atom stereocenters. The Morgan fingerprint density at radius 2 is 2.15 bits per heavy atom. The SMILES string of the molecule is Nc1ccc(NC(=O)CS(=O)C2CCOCC2)c(Br)c1. The molecule has 0 radical (unpaired) electrons. The Bertz CT molecular complexity index is 518. The normalized spacial score (nSPS) is 17.6. The van der Waals surface area contributed by atoms with Gasteiger partial charge in [0.25, 0.3) is 0 Å². The van der Waals surface area contributed by atoms with E-state index in [0.29, 0.717) is 29.1 Å². The summed E-state index contributed by atoms with van der Waals surface area (Å²) < 4.78 is 18.0. The summed E-state index contributed by atoms with van der Waals surface area (Å²) in [4.78, 5) is 11.9. The third-order valence-electron chi connectivity index (χ3n) is 3.08. The van der Waals surface area contributed by atoms with Gasteiger partial charge in [0.1, 0.15) is 5.75 Å². The van der Waals surface area contributed by atoms with Gasteiger partial charge in [-0.3, -0.25) is 9.00 Å². The van der Waals surface area contributed by atoms with E-state index >= 15 is 0 Å². The Morgan fingerprint density at radius 3 is 2.80 bits per heavy atom. The summed E-state index contributed by atoms with van der Waals surface area (Å²) in [7, 11) is -1.15. The molecule has 1 aromatic rings. The fourth-order valence-corrected chi connectivity index (χ4v) is 3.79. The van der Waals surface area contributed by atoms with E-state index in [1.165, 1.54) is 0 Å². The molecule has 1 aromatic carbocycles. The lowest BCUT2D eigenvalue weighted by Gasteiger charge is -2.21. The van der Waals surface area contributed by atoms with Crippen molar-refractivity contribution in [1.82, 2.24) is 0 Å². The van der Waals surface area contributed by atoms with Gasteiger partial charge in [0, 0.05) is 39.4 Å². The Hall–Kier alpha value is -0.920. The molecule has 1 aliphatic heterocycles. The molecule has 1 fully saturated rings. The van der Waals surface area contributed by atoms with Gasteiger partial charge in [-0.2, -0.15) is 0 Å². The number of benzene rings is 1. The van der Waals surface area contributed by atoms with Crippen molar-refractivity contribution in [1.29, 1.82) is 0 Å². The van der Waals surface area contributed by atoms with Crippen molar-refractivity contribution in [3.05, 3.63) is 22.7 Å². The van der Waals surface area contributed by atoms with Gasteiger partial charge in [-0.25, -0.2) is 0 Å². The van der Waals surface area contributed by atoms with E-state index in [1.807, 2.05) is 0 Å². The summed E-state index contributed by atoms with van der Waals surface area (Å²) >= 11 is 3.33. The first-order valence-electron chi connectivity index (χ1n) is 6.36. The van der Waals surface area contributed by atoms with Crippen molar-refractivity contribution >= 4 is 44.0 Å². The lowest BCUT2D eigenvalue weighted by Crippen LogP contribution is -2.30. The zero-order chi connectivity index (χ0) is 14.5. The van der Waals surface area contributed by atoms with E-state index < -0.39 is 10.8 Å². The summed E-state index contributed by atoms with van der Waals surface area (Å²) in [5, 5.41) is 2.80. The lowest BCUT2D eigenvalue weighted by atomic mass is 10.2. The fourth-order valence-electron chi connectivity index (χ4n) is 2.00. The smallest absolute Gasteiger partial charge is 0.237 e. The van der Waals surface area contributed by atoms with Crippen LogP contribution in [0.3, 0.4) is 0 Å². The molecule has 110 valence electrons. The Kier molecular flexibility index (Phi) is 5.56. The summed E-state index contributed by atoms with van der Waals surface area (Å²) in [5.41, 5.74) is 6.88. The van der Waals surface area contributed by atoms with Crippen LogP contribution in [-0.4, -0.2) is 34.3 Å². The van der Waals surface area contributed by atoms with Gasteiger partial charge in [-0.05, 0) is 47.0 Å². The molecule has 1 aliphatic rings. The Balaban J connectivity index is 1.90. The van der Waals surface area contributed by atoms with E-state index in [1.54, 1.807) is 18.2 Å². The summed E-state index contributed by atoms with van der Waals surface area (Å²) in [6.45, 7) is 1.25. The molecule has 0 aliphatic carbocycles. The highest BCUT2D eigenvalue weighted by molar-refractivity contribution is 9.10. The van der Waals surface area contributed by atoms with Crippen LogP contribution < -0.4 is 11.1 Å². The number of ether oxygens (including phenoxy) is 1. The largest absolute Gasteiger partial charge is 0.399 e. The minimum Gasteiger partial charge on any atom is -0.399 e. The molecule has 1 unspecified atom stereocenters. The number of halogens is 1. The molecule has 3 N–H and O–H groups in total. The van der Waals surface area contributed by atoms with E-state index in [-0.39, 0.29) is 16.9 Å². The highest BCUT2D eigenvalue weighted by atomic mass is 79.9. The van der Waals surface area contributed by atoms with E-state index in [4.69, 9.17) is 10.5 Å². The number of nitrogen functional groups attached to an aromatic ring is 1. The molecular weight excluding hydrogens is 344 g/mol. The molecule has 1 heterocycles. The number of nitrogens with one attached hydrogen (secondary N) is 1. The van der Waals surface area contributed by atoms with Gasteiger partial charge < -0.3 is 15.8 Å². The second-order valence-electron chi connectivity index (χ2n) is 4.62. The van der Waals surface area contributed by atoms with Crippen LogP contribution in [0.4, 0.5) is 11.4 Å². The topological polar surface area (TPSA) is 81.4 Å². The van der Waals surface area contributed by atoms with Crippen LogP contribution in [0, 0.1) is 0 Å². The minimum absolute atomic E-state index is 0.0154. The van der Waals surface area contributed by atoms with Gasteiger partial charge in [0.15, 0.2) is 0 Å². The van der Waals surface area contributed by atoms with Gasteiger partial charge in [-0.1, -0.05) is 0 Å². The van der Waals surface area contributed by atoms with Crippen molar-refractivity contribution in [2.45, 2.75) is 18.1 Å². The molecule has 1 saturated heterocycles. The molecular formula is C13H17BrN2O3S. The number of carbonyl (C=O) groups is 1. The molecule has 1 amide bonds. The van der Waals surface area contributed by atoms with Crippen LogP contribution in [0.2, 0.25) is 0 Å². The maximum Gasteiger partial charge on any atom is 0.237 e. The monoisotopic (exact) mass is 360 g/mol. The van der Waals surface area contributed by atoms with Crippen LogP contribution in [0.1, 0.15) is 12.8 Å². The third-order valence-corrected chi connectivity index (χ3v) is 5.50. The molecule has 0 spiro atoms. The second kappa shape index (κ2) is 7.19. The second-order valence-corrected chi connectivity index (χ2v) is 7.20. The Labute approximate surface area is 128 Å². The first-order chi connectivity index (χ1) is 9.56. The number of amides is 1. The number of nitrogens with two attached hydrogens (primary N) is 1. The van der Waals surface area contributed by atoms with Gasteiger partial charge in [0.05, 0.1) is 5.69 Å². The minimum atomic E-state index is -1.15. The predicted molar refractivity (Wildman–Crippen MR) is 84.0 cm³/mol. The van der Waals surface area contributed by atoms with Crippen LogP contribution in [0.25, 0.3) is 0 Å². The van der Waals surface area contributed by atoms with Gasteiger partial charge >= 0.3 is 0 Å². The number of rotatable bonds is 4. The first kappa shape index (κ1) is 15.5. The fraction of sp³-hybridized carbons (Fsp3) is 0.462. The number of hydrogen-bond acceptors (Lipinski definition) is 4. The highest BCUT2D eigenvalue weighted by Crippen LogP contribution is 2.24. The molecule has 5 nitrogen and oxygen atoms in total. The summed E-state index contributed by atoms with van der Waals surface area (Å²) in [6.07, 6.45) is 1.51. The predicted octanol–water partition coefficient (Wildman–Crippen LogP) is 1.90. The summed E-state index contributed by atoms with van der Waals surface area (Å²) in [5.74, 6) is -0.234. The van der Waals surface area contributed by atoms with Crippen LogP contribution in [-0.2, 0) is 20.3 Å². The number of carbonyl (C=O) groups excluding carboxylic acids is 1. The standard InChI is InChI=1S/C13H17BrN2O3S/c14-11-7-9(15)1-2-12(11)16-13(17)8-20(18)10-3-5-19-6-4-10/h1-2,7,10H,3-6,8,15H2,(H,16,17). The van der Waals surface area contributed by atoms with Gasteiger partial charge in [-0.15, -0.1) is 0 Å². The zero-order valence-electron chi connectivity index (χ0n) is 10.9. The molecule has 20 heavy (non-hydrogen) atoms. The third kappa shape index (κ3) is 4.29. The molecule has 0 bridgehead atoms. The van der Waals surface area contributed by atoms with Gasteiger partial charge in [0.2, 0.25) is 5.91 Å². The average molecular weight is 361 g/mol. The molecule has 0 saturated carbocycles. The van der Waals surface area contributed by atoms with Crippen molar-refractivity contribution in [2.24, 2.45) is 0 Å². The van der Waals surface area contributed by atoms with Crippen LogP contribution in [0.15, 0.2) is 22.7 Å². The maximum atomic E-state index is 12.1. The number of anilines is 2. The molecule has 2 rings (SSSR count). The summed E-state index contributed by atoms with van der Waals surface area (Å²) in [6, 6.07) is 5.13. The van der Waals surface area contributed by atoms with E-state index in [2.05, 4.69) is 21.2 Å². The first-order valence-corrected chi connectivity index (χ1v) is 8.53. The number of hydrogen-bond donors (Lipinski definition) is 2. The van der Waals surface area contributed by atoms with Crippen molar-refractivity contribution in [2.75, 3.05) is 30.0 Å². The molecule has 0 aromatic heterocycles. The lowest BCUT2D eigenvalue weighted by molar-refractivity contribution is -0.113.